The number of aryl methyl sites for hydroxylation is 1. The Morgan fingerprint density at radius 2 is 1.94 bits per heavy atom. The van der Waals surface area contributed by atoms with E-state index in [1.807, 2.05) is 43.3 Å². The van der Waals surface area contributed by atoms with Crippen molar-refractivity contribution in [2.24, 2.45) is 5.73 Å². The average molecular weight is 268 g/mol. The van der Waals surface area contributed by atoms with Crippen LogP contribution in [0.4, 0.5) is 0 Å². The first-order valence-corrected chi connectivity index (χ1v) is 6.63. The first-order chi connectivity index (χ1) is 8.19. The molecule has 17 heavy (non-hydrogen) atoms. The summed E-state index contributed by atoms with van der Waals surface area (Å²) in [5, 5.41) is 0.886. The minimum atomic E-state index is 0.143. The summed E-state index contributed by atoms with van der Waals surface area (Å²) in [7, 11) is 0. The predicted molar refractivity (Wildman–Crippen MR) is 72.5 cm³/mol. The van der Waals surface area contributed by atoms with Crippen LogP contribution in [0.25, 0.3) is 0 Å². The molecule has 2 aromatic rings. The van der Waals surface area contributed by atoms with Crippen molar-refractivity contribution in [1.82, 2.24) is 0 Å². The van der Waals surface area contributed by atoms with Crippen molar-refractivity contribution in [3.63, 3.8) is 0 Å². The van der Waals surface area contributed by atoms with Crippen LogP contribution in [0.1, 0.15) is 16.8 Å². The maximum atomic E-state index is 5.85. The van der Waals surface area contributed by atoms with Gasteiger partial charge >= 0.3 is 0 Å². The Morgan fingerprint density at radius 3 is 2.47 bits per heavy atom. The van der Waals surface area contributed by atoms with E-state index in [0.29, 0.717) is 6.54 Å². The molecule has 2 N–H and O–H groups in total. The van der Waals surface area contributed by atoms with Crippen LogP contribution in [0, 0.1) is 6.92 Å². The lowest BCUT2D eigenvalue weighted by Gasteiger charge is -2.11. The monoisotopic (exact) mass is 267 g/mol. The Labute approximate surface area is 110 Å². The average Bonchev–Trinajstić information content (AvgIpc) is 2.75. The zero-order valence-corrected chi connectivity index (χ0v) is 11.1. The molecular weight excluding hydrogens is 254 g/mol. The first-order valence-electron chi connectivity index (χ1n) is 5.37. The van der Waals surface area contributed by atoms with E-state index < -0.39 is 0 Å². The summed E-state index contributed by atoms with van der Waals surface area (Å²) in [6.07, 6.45) is 0. The first kappa shape index (κ1) is 12.6. The Kier molecular flexibility index (Phi) is 4.15. The summed E-state index contributed by atoms with van der Waals surface area (Å²) in [5.74, 6) is 1.83. The van der Waals surface area contributed by atoms with E-state index in [1.165, 1.54) is 0 Å². The van der Waals surface area contributed by atoms with Crippen LogP contribution in [0.5, 0.6) is 0 Å². The van der Waals surface area contributed by atoms with Crippen molar-refractivity contribution in [3.05, 3.63) is 52.9 Å². The smallest absolute Gasteiger partial charge is 0.118 e. The molecule has 90 valence electrons. The molecular formula is C13H14ClNOS. The molecule has 0 aliphatic rings. The van der Waals surface area contributed by atoms with Gasteiger partial charge in [-0.3, -0.25) is 0 Å². The molecule has 0 bridgehead atoms. The van der Waals surface area contributed by atoms with Crippen LogP contribution in [0.3, 0.4) is 0 Å². The number of nitrogens with two attached hydrogens (primary N) is 1. The van der Waals surface area contributed by atoms with Gasteiger partial charge in [0.05, 0.1) is 5.25 Å². The topological polar surface area (TPSA) is 39.2 Å². The molecule has 0 saturated carbocycles. The fourth-order valence-corrected chi connectivity index (χ4v) is 2.61. The third kappa shape index (κ3) is 3.28. The molecule has 1 unspecified atom stereocenters. The van der Waals surface area contributed by atoms with Gasteiger partial charge in [0.1, 0.15) is 11.5 Å². The van der Waals surface area contributed by atoms with Crippen molar-refractivity contribution in [3.8, 4) is 0 Å². The molecule has 1 aromatic carbocycles. The Hall–Kier alpha value is -0.900. The molecule has 2 rings (SSSR count). The SMILES string of the molecule is Cc1ccc(C(CN)Sc2ccc(Cl)cc2)o1. The summed E-state index contributed by atoms with van der Waals surface area (Å²) >= 11 is 7.54. The van der Waals surface area contributed by atoms with Crippen LogP contribution < -0.4 is 5.73 Å². The molecule has 0 aliphatic carbocycles. The molecule has 1 aromatic heterocycles. The van der Waals surface area contributed by atoms with Crippen LogP contribution in [0.2, 0.25) is 5.02 Å². The lowest BCUT2D eigenvalue weighted by molar-refractivity contribution is 0.481. The zero-order chi connectivity index (χ0) is 12.3. The second-order valence-corrected chi connectivity index (χ2v) is 5.46. The van der Waals surface area contributed by atoms with Crippen molar-refractivity contribution in [1.29, 1.82) is 0 Å². The van der Waals surface area contributed by atoms with Gasteiger partial charge in [0, 0.05) is 16.5 Å². The van der Waals surface area contributed by atoms with Crippen molar-refractivity contribution in [2.75, 3.05) is 6.54 Å². The van der Waals surface area contributed by atoms with E-state index >= 15 is 0 Å². The maximum Gasteiger partial charge on any atom is 0.118 e. The number of thioether (sulfide) groups is 1. The van der Waals surface area contributed by atoms with Crippen LogP contribution in [-0.2, 0) is 0 Å². The van der Waals surface area contributed by atoms with Gasteiger partial charge < -0.3 is 10.2 Å². The van der Waals surface area contributed by atoms with Gasteiger partial charge in [0.15, 0.2) is 0 Å². The standard InChI is InChI=1S/C13H14ClNOS/c1-9-2-7-12(16-9)13(8-15)17-11-5-3-10(14)4-6-11/h2-7,13H,8,15H2,1H3. The van der Waals surface area contributed by atoms with Gasteiger partial charge in [0.2, 0.25) is 0 Å². The largest absolute Gasteiger partial charge is 0.465 e. The van der Waals surface area contributed by atoms with Gasteiger partial charge in [-0.05, 0) is 43.3 Å². The predicted octanol–water partition coefficient (Wildman–Crippen LogP) is 4.03. The minimum absolute atomic E-state index is 0.143. The highest BCUT2D eigenvalue weighted by atomic mass is 35.5. The zero-order valence-electron chi connectivity index (χ0n) is 9.52. The number of hydrogen-bond acceptors (Lipinski definition) is 3. The molecule has 2 nitrogen and oxygen atoms in total. The molecule has 0 aliphatic heterocycles. The van der Waals surface area contributed by atoms with E-state index in [9.17, 15) is 0 Å². The second-order valence-electron chi connectivity index (χ2n) is 3.74. The molecule has 4 heteroatoms. The van der Waals surface area contributed by atoms with Gasteiger partial charge in [-0.1, -0.05) is 11.6 Å². The highest BCUT2D eigenvalue weighted by molar-refractivity contribution is 7.99. The fourth-order valence-electron chi connectivity index (χ4n) is 1.53. The summed E-state index contributed by atoms with van der Waals surface area (Å²) in [6, 6.07) is 11.7. The molecule has 0 radical (unpaired) electrons. The Morgan fingerprint density at radius 1 is 1.24 bits per heavy atom. The summed E-state index contributed by atoms with van der Waals surface area (Å²) in [4.78, 5) is 1.14. The molecule has 0 spiro atoms. The third-order valence-electron chi connectivity index (χ3n) is 2.38. The van der Waals surface area contributed by atoms with Crippen molar-refractivity contribution < 1.29 is 4.42 Å². The summed E-state index contributed by atoms with van der Waals surface area (Å²) in [5.41, 5.74) is 5.78. The maximum absolute atomic E-state index is 5.85. The van der Waals surface area contributed by atoms with E-state index in [0.717, 1.165) is 21.4 Å². The Bertz CT molecular complexity index is 480. The van der Waals surface area contributed by atoms with E-state index in [2.05, 4.69) is 0 Å². The van der Waals surface area contributed by atoms with Crippen LogP contribution >= 0.6 is 23.4 Å². The molecule has 1 atom stereocenters. The number of furan rings is 1. The van der Waals surface area contributed by atoms with Gasteiger partial charge in [0.25, 0.3) is 0 Å². The number of rotatable bonds is 4. The van der Waals surface area contributed by atoms with Crippen LogP contribution in [-0.4, -0.2) is 6.54 Å². The lowest BCUT2D eigenvalue weighted by atomic mass is 10.3. The number of halogens is 1. The van der Waals surface area contributed by atoms with E-state index in [1.54, 1.807) is 11.8 Å². The Balaban J connectivity index is 2.12. The molecule has 1 heterocycles. The lowest BCUT2D eigenvalue weighted by Crippen LogP contribution is -2.08. The number of hydrogen-bond donors (Lipinski definition) is 1. The van der Waals surface area contributed by atoms with Crippen molar-refractivity contribution in [2.45, 2.75) is 17.1 Å². The van der Waals surface area contributed by atoms with Crippen molar-refractivity contribution >= 4 is 23.4 Å². The highest BCUT2D eigenvalue weighted by Crippen LogP contribution is 2.35. The number of benzene rings is 1. The fraction of sp³-hybridized carbons (Fsp3) is 0.231. The molecule has 0 fully saturated rings. The summed E-state index contributed by atoms with van der Waals surface area (Å²) < 4.78 is 5.61. The normalized spacial score (nSPS) is 12.6. The van der Waals surface area contributed by atoms with Gasteiger partial charge in [-0.15, -0.1) is 11.8 Å². The molecule has 0 saturated heterocycles. The van der Waals surface area contributed by atoms with E-state index in [-0.39, 0.29) is 5.25 Å². The van der Waals surface area contributed by atoms with E-state index in [4.69, 9.17) is 21.8 Å². The highest BCUT2D eigenvalue weighted by Gasteiger charge is 2.14. The van der Waals surface area contributed by atoms with Gasteiger partial charge in [-0.2, -0.15) is 0 Å². The molecule has 0 amide bonds. The minimum Gasteiger partial charge on any atom is -0.465 e. The summed E-state index contributed by atoms with van der Waals surface area (Å²) in [6.45, 7) is 2.48. The quantitative estimate of drug-likeness (QED) is 0.850. The third-order valence-corrected chi connectivity index (χ3v) is 3.89. The van der Waals surface area contributed by atoms with Crippen LogP contribution in [0.15, 0.2) is 45.7 Å². The van der Waals surface area contributed by atoms with Gasteiger partial charge in [-0.25, -0.2) is 0 Å². The second kappa shape index (κ2) is 5.63.